The molecule has 98 valence electrons. The van der Waals surface area contributed by atoms with Crippen LogP contribution in [0.5, 0.6) is 0 Å². The fourth-order valence-electron chi connectivity index (χ4n) is 2.43. The number of halogens is 1. The lowest BCUT2D eigenvalue weighted by Gasteiger charge is -2.13. The standard InChI is InChI=1S/C15H14FNOS/c1-2-9-8-19-15-11(16)6-5-10(13(9)15)14(18)12-4-3-7-17-12/h3,5-8,14,18H,2,4H2,1H3. The van der Waals surface area contributed by atoms with Crippen LogP contribution in [-0.4, -0.2) is 10.8 Å². The van der Waals surface area contributed by atoms with Crippen molar-refractivity contribution in [3.05, 3.63) is 46.7 Å². The van der Waals surface area contributed by atoms with Crippen molar-refractivity contribution in [1.29, 1.82) is 0 Å². The molecule has 4 heteroatoms. The molecule has 2 aromatic rings. The maximum atomic E-state index is 13.8. The van der Waals surface area contributed by atoms with Crippen LogP contribution >= 0.6 is 11.3 Å². The highest BCUT2D eigenvalue weighted by molar-refractivity contribution is 7.17. The van der Waals surface area contributed by atoms with Gasteiger partial charge in [0, 0.05) is 18.0 Å². The van der Waals surface area contributed by atoms with Crippen LogP contribution in [0.15, 0.2) is 34.8 Å². The van der Waals surface area contributed by atoms with E-state index in [0.29, 0.717) is 11.1 Å². The highest BCUT2D eigenvalue weighted by atomic mass is 32.1. The minimum Gasteiger partial charge on any atom is -0.382 e. The van der Waals surface area contributed by atoms with Crippen LogP contribution in [0.3, 0.4) is 0 Å². The van der Waals surface area contributed by atoms with Crippen molar-refractivity contribution in [2.24, 2.45) is 4.99 Å². The molecule has 19 heavy (non-hydrogen) atoms. The number of aliphatic imine (C=N–C) groups is 1. The molecule has 0 spiro atoms. The summed E-state index contributed by atoms with van der Waals surface area (Å²) in [6.07, 6.45) is 4.35. The van der Waals surface area contributed by atoms with Crippen molar-refractivity contribution in [1.82, 2.24) is 0 Å². The zero-order valence-corrected chi connectivity index (χ0v) is 11.4. The van der Waals surface area contributed by atoms with E-state index in [1.165, 1.54) is 17.4 Å². The zero-order valence-electron chi connectivity index (χ0n) is 10.6. The first kappa shape index (κ1) is 12.5. The minimum atomic E-state index is -0.752. The van der Waals surface area contributed by atoms with E-state index in [1.54, 1.807) is 12.3 Å². The SMILES string of the molecule is CCc1csc2c(F)ccc(C(O)C3=NC=CC3)c12. The molecule has 0 fully saturated rings. The van der Waals surface area contributed by atoms with Gasteiger partial charge in [-0.2, -0.15) is 0 Å². The Hall–Kier alpha value is -1.52. The minimum absolute atomic E-state index is 0.220. The van der Waals surface area contributed by atoms with Gasteiger partial charge in [-0.15, -0.1) is 11.3 Å². The van der Waals surface area contributed by atoms with Gasteiger partial charge in [-0.25, -0.2) is 4.39 Å². The first-order valence-electron chi connectivity index (χ1n) is 6.30. The number of nitrogens with zero attached hydrogens (tertiary/aromatic N) is 1. The number of hydrogen-bond donors (Lipinski definition) is 1. The number of aliphatic hydroxyl groups is 1. The van der Waals surface area contributed by atoms with Crippen molar-refractivity contribution in [2.75, 3.05) is 0 Å². The Morgan fingerprint density at radius 1 is 1.47 bits per heavy atom. The van der Waals surface area contributed by atoms with E-state index in [0.717, 1.165) is 28.6 Å². The molecule has 1 N–H and O–H groups in total. The Kier molecular flexibility index (Phi) is 3.21. The summed E-state index contributed by atoms with van der Waals surface area (Å²) < 4.78 is 14.5. The molecule has 1 aliphatic rings. The maximum Gasteiger partial charge on any atom is 0.141 e. The van der Waals surface area contributed by atoms with Gasteiger partial charge in [0.2, 0.25) is 0 Å². The monoisotopic (exact) mass is 275 g/mol. The molecule has 1 atom stereocenters. The molecular weight excluding hydrogens is 261 g/mol. The number of thiophene rings is 1. The lowest BCUT2D eigenvalue weighted by atomic mass is 9.97. The Morgan fingerprint density at radius 2 is 2.32 bits per heavy atom. The predicted molar refractivity (Wildman–Crippen MR) is 77.3 cm³/mol. The molecule has 0 amide bonds. The van der Waals surface area contributed by atoms with Crippen LogP contribution < -0.4 is 0 Å². The summed E-state index contributed by atoms with van der Waals surface area (Å²) >= 11 is 1.40. The van der Waals surface area contributed by atoms with Crippen molar-refractivity contribution in [3.8, 4) is 0 Å². The van der Waals surface area contributed by atoms with Crippen LogP contribution in [-0.2, 0) is 6.42 Å². The third kappa shape index (κ3) is 2.01. The highest BCUT2D eigenvalue weighted by Crippen LogP contribution is 2.35. The molecule has 0 aliphatic carbocycles. The van der Waals surface area contributed by atoms with E-state index in [2.05, 4.69) is 4.99 Å². The number of fused-ring (bicyclic) bond motifs is 1. The number of aliphatic hydroxyl groups excluding tert-OH is 1. The summed E-state index contributed by atoms with van der Waals surface area (Å²) in [7, 11) is 0. The van der Waals surface area contributed by atoms with E-state index >= 15 is 0 Å². The molecule has 0 saturated carbocycles. The highest BCUT2D eigenvalue weighted by Gasteiger charge is 2.21. The van der Waals surface area contributed by atoms with Crippen LogP contribution in [0.4, 0.5) is 4.39 Å². The van der Waals surface area contributed by atoms with Crippen molar-refractivity contribution in [2.45, 2.75) is 25.9 Å². The number of rotatable bonds is 3. The van der Waals surface area contributed by atoms with Crippen molar-refractivity contribution < 1.29 is 9.50 Å². The van der Waals surface area contributed by atoms with Gasteiger partial charge in [-0.3, -0.25) is 4.99 Å². The van der Waals surface area contributed by atoms with Crippen LogP contribution in [0.1, 0.15) is 30.6 Å². The summed E-state index contributed by atoms with van der Waals surface area (Å²) in [5.41, 5.74) is 2.57. The predicted octanol–water partition coefficient (Wildman–Crippen LogP) is 3.99. The Balaban J connectivity index is 2.17. The molecule has 3 rings (SSSR count). The van der Waals surface area contributed by atoms with Gasteiger partial charge in [0.05, 0.1) is 10.4 Å². The summed E-state index contributed by atoms with van der Waals surface area (Å²) in [5, 5.41) is 13.3. The van der Waals surface area contributed by atoms with Gasteiger partial charge in [0.1, 0.15) is 11.9 Å². The lowest BCUT2D eigenvalue weighted by Crippen LogP contribution is -2.10. The molecule has 0 radical (unpaired) electrons. The average Bonchev–Trinajstić information content (AvgIpc) is 3.08. The van der Waals surface area contributed by atoms with Gasteiger partial charge in [-0.05, 0) is 29.0 Å². The van der Waals surface area contributed by atoms with Gasteiger partial charge in [0.25, 0.3) is 0 Å². The Bertz CT molecular complexity index is 687. The molecule has 2 nitrogen and oxygen atoms in total. The number of hydrogen-bond acceptors (Lipinski definition) is 3. The quantitative estimate of drug-likeness (QED) is 0.902. The third-order valence-corrected chi connectivity index (χ3v) is 4.48. The lowest BCUT2D eigenvalue weighted by molar-refractivity contribution is 0.247. The van der Waals surface area contributed by atoms with E-state index in [9.17, 15) is 9.50 Å². The van der Waals surface area contributed by atoms with Gasteiger partial charge in [-0.1, -0.05) is 19.1 Å². The summed E-state index contributed by atoms with van der Waals surface area (Å²) in [6, 6.07) is 3.11. The van der Waals surface area contributed by atoms with Gasteiger partial charge < -0.3 is 5.11 Å². The molecular formula is C15H14FNOS. The fraction of sp³-hybridized carbons (Fsp3) is 0.267. The largest absolute Gasteiger partial charge is 0.382 e. The van der Waals surface area contributed by atoms with E-state index in [1.807, 2.05) is 18.4 Å². The van der Waals surface area contributed by atoms with Crippen molar-refractivity contribution >= 4 is 27.1 Å². The second-order valence-electron chi connectivity index (χ2n) is 4.57. The molecule has 1 aliphatic heterocycles. The second-order valence-corrected chi connectivity index (χ2v) is 5.45. The fourth-order valence-corrected chi connectivity index (χ4v) is 3.52. The molecule has 1 unspecified atom stereocenters. The summed E-state index contributed by atoms with van der Waals surface area (Å²) in [4.78, 5) is 4.18. The molecule has 1 aromatic carbocycles. The maximum absolute atomic E-state index is 13.8. The first-order chi connectivity index (χ1) is 9.22. The molecule has 1 aromatic heterocycles. The smallest absolute Gasteiger partial charge is 0.141 e. The van der Waals surface area contributed by atoms with Gasteiger partial charge >= 0.3 is 0 Å². The Labute approximate surface area is 114 Å². The number of aryl methyl sites for hydroxylation is 1. The van der Waals surface area contributed by atoms with Crippen LogP contribution in [0, 0.1) is 5.82 Å². The van der Waals surface area contributed by atoms with E-state index in [-0.39, 0.29) is 5.82 Å². The zero-order chi connectivity index (χ0) is 13.4. The van der Waals surface area contributed by atoms with Crippen LogP contribution in [0.25, 0.3) is 10.1 Å². The summed E-state index contributed by atoms with van der Waals surface area (Å²) in [5.74, 6) is -0.220. The number of benzene rings is 1. The van der Waals surface area contributed by atoms with E-state index in [4.69, 9.17) is 0 Å². The molecule has 0 saturated heterocycles. The van der Waals surface area contributed by atoms with Crippen molar-refractivity contribution in [3.63, 3.8) is 0 Å². The third-order valence-electron chi connectivity index (χ3n) is 3.45. The Morgan fingerprint density at radius 3 is 3.00 bits per heavy atom. The number of allylic oxidation sites excluding steroid dienone is 1. The van der Waals surface area contributed by atoms with E-state index < -0.39 is 6.10 Å². The van der Waals surface area contributed by atoms with Gasteiger partial charge in [0.15, 0.2) is 0 Å². The topological polar surface area (TPSA) is 32.6 Å². The van der Waals surface area contributed by atoms with Crippen LogP contribution in [0.2, 0.25) is 0 Å². The summed E-state index contributed by atoms with van der Waals surface area (Å²) in [6.45, 7) is 2.04. The second kappa shape index (κ2) is 4.87. The first-order valence-corrected chi connectivity index (χ1v) is 7.18. The molecule has 0 bridgehead atoms. The normalized spacial score (nSPS) is 16.1. The average molecular weight is 275 g/mol. The molecule has 2 heterocycles.